The summed E-state index contributed by atoms with van der Waals surface area (Å²) in [5.41, 5.74) is 0. The van der Waals surface area contributed by atoms with Crippen molar-refractivity contribution in [3.63, 3.8) is 0 Å². The molecule has 0 aliphatic carbocycles. The smallest absolute Gasteiger partial charge is 0.0917 e. The molecule has 5 atom stereocenters. The van der Waals surface area contributed by atoms with Crippen LogP contribution in [-0.2, 0) is 4.74 Å². The standard InChI is InChI=1S/C18H28O3/c1-3-13(19)7-5-6-8-15-16(10-9-14(20)4-2)18-12-11-17(15)21-18/h3,5-6,9-10,14-20H,4,7-8,11-12H2,1-2H3/b6-5-,10-9+,13-3+/t14?,15-,16+,17-,18+/m1/s1. The third kappa shape index (κ3) is 4.21. The second-order valence-corrected chi connectivity index (χ2v) is 6.08. The number of fused-ring (bicyclic) bond motifs is 2. The number of aliphatic hydroxyl groups is 2. The van der Waals surface area contributed by atoms with Crippen molar-refractivity contribution in [1.82, 2.24) is 0 Å². The summed E-state index contributed by atoms with van der Waals surface area (Å²) < 4.78 is 6.04. The molecule has 3 heteroatoms. The zero-order valence-corrected chi connectivity index (χ0v) is 13.1. The third-order valence-corrected chi connectivity index (χ3v) is 4.70. The highest BCUT2D eigenvalue weighted by atomic mass is 16.5. The lowest BCUT2D eigenvalue weighted by Crippen LogP contribution is -2.25. The van der Waals surface area contributed by atoms with Crippen LogP contribution in [0.3, 0.4) is 0 Å². The van der Waals surface area contributed by atoms with Crippen LogP contribution in [0.5, 0.6) is 0 Å². The second-order valence-electron chi connectivity index (χ2n) is 6.08. The zero-order valence-electron chi connectivity index (χ0n) is 13.1. The number of hydrogen-bond donors (Lipinski definition) is 2. The Morgan fingerprint density at radius 1 is 1.29 bits per heavy atom. The Hall–Kier alpha value is -1.06. The summed E-state index contributed by atoms with van der Waals surface area (Å²) in [5.74, 6) is 1.34. The van der Waals surface area contributed by atoms with Gasteiger partial charge in [0.2, 0.25) is 0 Å². The number of allylic oxidation sites excluding steroid dienone is 3. The van der Waals surface area contributed by atoms with Crippen molar-refractivity contribution in [2.75, 3.05) is 0 Å². The highest BCUT2D eigenvalue weighted by Gasteiger charge is 2.46. The van der Waals surface area contributed by atoms with Gasteiger partial charge in [-0.3, -0.25) is 0 Å². The summed E-state index contributed by atoms with van der Waals surface area (Å²) in [6.07, 6.45) is 15.0. The maximum absolute atomic E-state index is 9.70. The minimum atomic E-state index is -0.341. The van der Waals surface area contributed by atoms with E-state index in [1.807, 2.05) is 26.0 Å². The summed E-state index contributed by atoms with van der Waals surface area (Å²) in [4.78, 5) is 0. The van der Waals surface area contributed by atoms with Gasteiger partial charge in [-0.2, -0.15) is 0 Å². The van der Waals surface area contributed by atoms with E-state index in [1.54, 1.807) is 6.08 Å². The van der Waals surface area contributed by atoms with Crippen LogP contribution < -0.4 is 0 Å². The van der Waals surface area contributed by atoms with Gasteiger partial charge in [-0.15, -0.1) is 0 Å². The first-order valence-electron chi connectivity index (χ1n) is 8.16. The molecule has 0 radical (unpaired) electrons. The number of aliphatic hydroxyl groups excluding tert-OH is 2. The van der Waals surface area contributed by atoms with Gasteiger partial charge < -0.3 is 14.9 Å². The van der Waals surface area contributed by atoms with Gasteiger partial charge in [0.25, 0.3) is 0 Å². The lowest BCUT2D eigenvalue weighted by Gasteiger charge is -2.24. The van der Waals surface area contributed by atoms with Gasteiger partial charge in [-0.1, -0.05) is 31.2 Å². The average Bonchev–Trinajstić information content (AvgIpc) is 3.10. The summed E-state index contributed by atoms with van der Waals surface area (Å²) in [7, 11) is 0. The Morgan fingerprint density at radius 3 is 2.76 bits per heavy atom. The van der Waals surface area contributed by atoms with Gasteiger partial charge in [-0.25, -0.2) is 0 Å². The topological polar surface area (TPSA) is 49.7 Å². The Bertz CT molecular complexity index is 411. The van der Waals surface area contributed by atoms with E-state index in [2.05, 4.69) is 12.2 Å². The third-order valence-electron chi connectivity index (χ3n) is 4.70. The molecule has 2 fully saturated rings. The molecule has 0 aromatic carbocycles. The Labute approximate surface area is 128 Å². The van der Waals surface area contributed by atoms with Crippen molar-refractivity contribution in [1.29, 1.82) is 0 Å². The molecule has 1 unspecified atom stereocenters. The SMILES string of the molecule is C/C=C(/O)C/C=C\C[C@@H]1[C@H](/C=C/C(O)CC)[C@@H]2CC[C@H]1O2. The molecule has 0 aromatic heterocycles. The number of ether oxygens (including phenoxy) is 1. The molecule has 2 bridgehead atoms. The fourth-order valence-corrected chi connectivity index (χ4v) is 3.35. The first-order valence-corrected chi connectivity index (χ1v) is 8.16. The van der Waals surface area contributed by atoms with Crippen molar-refractivity contribution < 1.29 is 14.9 Å². The monoisotopic (exact) mass is 292 g/mol. The van der Waals surface area contributed by atoms with E-state index >= 15 is 0 Å². The van der Waals surface area contributed by atoms with Crippen molar-refractivity contribution in [3.05, 3.63) is 36.1 Å². The molecule has 2 heterocycles. The highest BCUT2D eigenvalue weighted by molar-refractivity contribution is 5.09. The fourth-order valence-electron chi connectivity index (χ4n) is 3.35. The quantitative estimate of drug-likeness (QED) is 0.552. The summed E-state index contributed by atoms with van der Waals surface area (Å²) in [6, 6.07) is 0. The first-order chi connectivity index (χ1) is 10.2. The zero-order chi connectivity index (χ0) is 15.2. The Balaban J connectivity index is 1.91. The van der Waals surface area contributed by atoms with E-state index in [-0.39, 0.29) is 6.10 Å². The molecular formula is C18H28O3. The molecule has 2 aliphatic heterocycles. The van der Waals surface area contributed by atoms with E-state index in [0.717, 1.165) is 25.7 Å². The van der Waals surface area contributed by atoms with E-state index in [4.69, 9.17) is 4.74 Å². The molecule has 118 valence electrons. The lowest BCUT2D eigenvalue weighted by molar-refractivity contribution is 0.0899. The molecule has 0 saturated carbocycles. The van der Waals surface area contributed by atoms with E-state index in [0.29, 0.717) is 36.2 Å². The van der Waals surface area contributed by atoms with Crippen molar-refractivity contribution in [2.24, 2.45) is 11.8 Å². The number of rotatable bonds is 7. The van der Waals surface area contributed by atoms with Crippen LogP contribution in [-0.4, -0.2) is 28.5 Å². The lowest BCUT2D eigenvalue weighted by atomic mass is 9.77. The van der Waals surface area contributed by atoms with Gasteiger partial charge in [-0.05, 0) is 44.6 Å². The van der Waals surface area contributed by atoms with Crippen molar-refractivity contribution in [2.45, 2.75) is 64.3 Å². The summed E-state index contributed by atoms with van der Waals surface area (Å²) >= 11 is 0. The largest absolute Gasteiger partial charge is 0.512 e. The molecule has 21 heavy (non-hydrogen) atoms. The van der Waals surface area contributed by atoms with Crippen LogP contribution in [0.15, 0.2) is 36.1 Å². The molecule has 2 saturated heterocycles. The van der Waals surface area contributed by atoms with Crippen LogP contribution in [0.2, 0.25) is 0 Å². The minimum Gasteiger partial charge on any atom is -0.512 e. The molecule has 0 amide bonds. The van der Waals surface area contributed by atoms with Gasteiger partial charge in [0, 0.05) is 12.3 Å². The van der Waals surface area contributed by atoms with Gasteiger partial charge >= 0.3 is 0 Å². The second kappa shape index (κ2) is 7.81. The van der Waals surface area contributed by atoms with E-state index in [1.165, 1.54) is 0 Å². The fraction of sp³-hybridized carbons (Fsp3) is 0.667. The first kappa shape index (κ1) is 16.3. The normalized spacial score (nSPS) is 34.3. The molecule has 0 spiro atoms. The van der Waals surface area contributed by atoms with Crippen LogP contribution in [0.25, 0.3) is 0 Å². The Morgan fingerprint density at radius 2 is 2.05 bits per heavy atom. The van der Waals surface area contributed by atoms with Gasteiger partial charge in [0.1, 0.15) is 0 Å². The highest BCUT2D eigenvalue weighted by Crippen LogP contribution is 2.45. The summed E-state index contributed by atoms with van der Waals surface area (Å²) in [5, 5.41) is 19.1. The maximum Gasteiger partial charge on any atom is 0.0917 e. The predicted molar refractivity (Wildman–Crippen MR) is 85.1 cm³/mol. The van der Waals surface area contributed by atoms with Crippen LogP contribution in [0.1, 0.15) is 46.0 Å². The molecular weight excluding hydrogens is 264 g/mol. The molecule has 2 rings (SSSR count). The van der Waals surface area contributed by atoms with Crippen molar-refractivity contribution in [3.8, 4) is 0 Å². The molecule has 2 N–H and O–H groups in total. The van der Waals surface area contributed by atoms with E-state index in [9.17, 15) is 10.2 Å². The Kier molecular flexibility index (Phi) is 6.07. The predicted octanol–water partition coefficient (Wildman–Crippen LogP) is 3.91. The molecule has 0 aromatic rings. The number of hydrogen-bond acceptors (Lipinski definition) is 3. The summed E-state index contributed by atoms with van der Waals surface area (Å²) in [6.45, 7) is 3.83. The van der Waals surface area contributed by atoms with Gasteiger partial charge in [0.05, 0.1) is 24.1 Å². The van der Waals surface area contributed by atoms with Crippen LogP contribution in [0, 0.1) is 11.8 Å². The molecule has 3 nitrogen and oxygen atoms in total. The maximum atomic E-state index is 9.70. The van der Waals surface area contributed by atoms with Crippen LogP contribution >= 0.6 is 0 Å². The van der Waals surface area contributed by atoms with Gasteiger partial charge in [0.15, 0.2) is 0 Å². The minimum absolute atomic E-state index is 0.331. The molecule has 2 aliphatic rings. The average molecular weight is 292 g/mol. The van der Waals surface area contributed by atoms with Crippen molar-refractivity contribution >= 4 is 0 Å². The van der Waals surface area contributed by atoms with Crippen LogP contribution in [0.4, 0.5) is 0 Å². The van der Waals surface area contributed by atoms with E-state index < -0.39 is 0 Å².